The first-order chi connectivity index (χ1) is 8.06. The Morgan fingerprint density at radius 2 is 1.35 bits per heavy atom. The fraction of sp³-hybridized carbons (Fsp3) is 0.267. The molecule has 0 N–H and O–H groups in total. The Bertz CT molecular complexity index is 483. The summed E-state index contributed by atoms with van der Waals surface area (Å²) < 4.78 is 2.12. The highest BCUT2D eigenvalue weighted by atomic mass is 32.2. The first-order valence-electron chi connectivity index (χ1n) is 5.75. The molecule has 17 heavy (non-hydrogen) atoms. The Kier molecular flexibility index (Phi) is 3.53. The van der Waals surface area contributed by atoms with Gasteiger partial charge in [-0.05, 0) is 59.1 Å². The molecule has 0 spiro atoms. The molecule has 1 nitrogen and oxygen atoms in total. The topological polar surface area (TPSA) is 3.01 Å². The standard InChI is InChI=1S/C15H18NS/c1-11-9-14(10-12(2)17-11)13-5-7-15(8-6-13)16(3)4/h5-10H,1-4H3/q+1. The van der Waals surface area contributed by atoms with Gasteiger partial charge < -0.3 is 0 Å². The third kappa shape index (κ3) is 2.89. The molecule has 1 heterocycles. The molecule has 0 saturated carbocycles. The van der Waals surface area contributed by atoms with Crippen LogP contribution in [0.3, 0.4) is 0 Å². The Hall–Kier alpha value is -1.28. The maximum atomic E-state index is 2.25. The second-order valence-electron chi connectivity index (χ2n) is 4.51. The van der Waals surface area contributed by atoms with Gasteiger partial charge in [0.05, 0.1) is 0 Å². The van der Waals surface area contributed by atoms with Crippen molar-refractivity contribution in [3.63, 3.8) is 0 Å². The Labute approximate surface area is 108 Å². The summed E-state index contributed by atoms with van der Waals surface area (Å²) >= 11 is 1.84. The first kappa shape index (κ1) is 12.2. The van der Waals surface area contributed by atoms with Gasteiger partial charge in [-0.15, -0.1) is 0 Å². The summed E-state index contributed by atoms with van der Waals surface area (Å²) in [6, 6.07) is 0. The molecule has 0 atom stereocenters. The lowest BCUT2D eigenvalue weighted by Gasteiger charge is -2.12. The fourth-order valence-electron chi connectivity index (χ4n) is 1.91. The van der Waals surface area contributed by atoms with E-state index in [1.54, 1.807) is 0 Å². The lowest BCUT2D eigenvalue weighted by molar-refractivity contribution is -0.462. The molecule has 0 saturated heterocycles. The minimum atomic E-state index is 1.24. The highest BCUT2D eigenvalue weighted by molar-refractivity contribution is 8.06. The maximum absolute atomic E-state index is 2.25. The van der Waals surface area contributed by atoms with E-state index < -0.39 is 0 Å². The second kappa shape index (κ2) is 4.92. The molecule has 0 aromatic carbocycles. The van der Waals surface area contributed by atoms with E-state index in [0.717, 1.165) is 0 Å². The largest absolute Gasteiger partial charge is 0.235 e. The van der Waals surface area contributed by atoms with Crippen molar-refractivity contribution in [2.24, 2.45) is 0 Å². The minimum Gasteiger partial charge on any atom is -0.235 e. The van der Waals surface area contributed by atoms with Gasteiger partial charge >= 0.3 is 0 Å². The molecular weight excluding hydrogens is 226 g/mol. The lowest BCUT2D eigenvalue weighted by Crippen LogP contribution is -2.09. The Balaban J connectivity index is 2.38. The van der Waals surface area contributed by atoms with E-state index in [0.29, 0.717) is 0 Å². The molecule has 0 fully saturated rings. The molecule has 2 aliphatic rings. The van der Waals surface area contributed by atoms with Crippen molar-refractivity contribution < 1.29 is 4.58 Å². The van der Waals surface area contributed by atoms with Crippen LogP contribution in [0.1, 0.15) is 13.8 Å². The van der Waals surface area contributed by atoms with E-state index in [2.05, 4.69) is 69.0 Å². The molecule has 0 unspecified atom stereocenters. The fourth-order valence-corrected chi connectivity index (χ4v) is 2.79. The summed E-state index contributed by atoms with van der Waals surface area (Å²) in [5.74, 6) is 0. The molecule has 0 aromatic rings. The van der Waals surface area contributed by atoms with Gasteiger partial charge in [0, 0.05) is 12.2 Å². The van der Waals surface area contributed by atoms with E-state index in [1.807, 2.05) is 11.8 Å². The zero-order valence-electron chi connectivity index (χ0n) is 10.8. The number of rotatable bonds is 0. The van der Waals surface area contributed by atoms with Gasteiger partial charge in [0.25, 0.3) is 0 Å². The zero-order chi connectivity index (χ0) is 12.4. The van der Waals surface area contributed by atoms with Crippen molar-refractivity contribution in [1.29, 1.82) is 0 Å². The first-order valence-corrected chi connectivity index (χ1v) is 6.57. The summed E-state index contributed by atoms with van der Waals surface area (Å²) in [5, 5.41) is 0. The number of thioether (sulfide) groups is 1. The normalized spacial score (nSPS) is 19.4. The van der Waals surface area contributed by atoms with Gasteiger partial charge in [0.2, 0.25) is 0 Å². The third-order valence-electron chi connectivity index (χ3n) is 2.76. The van der Waals surface area contributed by atoms with Crippen LogP contribution in [0, 0.1) is 0 Å². The van der Waals surface area contributed by atoms with Crippen LogP contribution >= 0.6 is 11.8 Å². The monoisotopic (exact) mass is 244 g/mol. The van der Waals surface area contributed by atoms with Gasteiger partial charge in [-0.2, -0.15) is 0 Å². The van der Waals surface area contributed by atoms with Crippen molar-refractivity contribution >= 4 is 17.5 Å². The van der Waals surface area contributed by atoms with Crippen LogP contribution in [0.15, 0.2) is 57.4 Å². The zero-order valence-corrected chi connectivity index (χ0v) is 11.6. The summed E-state index contributed by atoms with van der Waals surface area (Å²) in [6.07, 6.45) is 13.2. The number of hydrogen-bond donors (Lipinski definition) is 0. The third-order valence-corrected chi connectivity index (χ3v) is 3.64. The molecule has 0 bridgehead atoms. The lowest BCUT2D eigenvalue weighted by atomic mass is 10.0. The van der Waals surface area contributed by atoms with Gasteiger partial charge in [-0.3, -0.25) is 0 Å². The van der Waals surface area contributed by atoms with E-state index in [1.165, 1.54) is 26.7 Å². The smallest absolute Gasteiger partial charge is 0.199 e. The molecule has 1 aliphatic heterocycles. The van der Waals surface area contributed by atoms with Crippen molar-refractivity contribution in [2.45, 2.75) is 13.8 Å². The van der Waals surface area contributed by atoms with Crippen LogP contribution < -0.4 is 0 Å². The van der Waals surface area contributed by atoms with Crippen molar-refractivity contribution in [3.05, 3.63) is 57.4 Å². The quantitative estimate of drug-likeness (QED) is 0.587. The Morgan fingerprint density at radius 1 is 0.824 bits per heavy atom. The molecule has 2 heteroatoms. The van der Waals surface area contributed by atoms with Gasteiger partial charge in [-0.25, -0.2) is 4.58 Å². The summed E-state index contributed by atoms with van der Waals surface area (Å²) in [4.78, 5) is 2.72. The predicted octanol–water partition coefficient (Wildman–Crippen LogP) is 3.68. The highest BCUT2D eigenvalue weighted by Crippen LogP contribution is 2.33. The predicted molar refractivity (Wildman–Crippen MR) is 77.5 cm³/mol. The molecule has 88 valence electrons. The van der Waals surface area contributed by atoms with E-state index >= 15 is 0 Å². The van der Waals surface area contributed by atoms with Crippen molar-refractivity contribution in [2.75, 3.05) is 14.1 Å². The molecule has 0 amide bonds. The van der Waals surface area contributed by atoms with Gasteiger partial charge in [0.1, 0.15) is 14.1 Å². The average molecular weight is 244 g/mol. The highest BCUT2D eigenvalue weighted by Gasteiger charge is 2.09. The second-order valence-corrected chi connectivity index (χ2v) is 6.00. The summed E-state index contributed by atoms with van der Waals surface area (Å²) in [7, 11) is 4.13. The maximum Gasteiger partial charge on any atom is 0.199 e. The van der Waals surface area contributed by atoms with Crippen LogP contribution in [0.25, 0.3) is 0 Å². The molecule has 0 radical (unpaired) electrons. The molecule has 0 aromatic heterocycles. The van der Waals surface area contributed by atoms with E-state index in [9.17, 15) is 0 Å². The van der Waals surface area contributed by atoms with Gasteiger partial charge in [-0.1, -0.05) is 11.8 Å². The van der Waals surface area contributed by atoms with Crippen molar-refractivity contribution in [3.8, 4) is 0 Å². The van der Waals surface area contributed by atoms with Crippen LogP contribution in [0.5, 0.6) is 0 Å². The van der Waals surface area contributed by atoms with Crippen LogP contribution in [0.2, 0.25) is 0 Å². The van der Waals surface area contributed by atoms with E-state index in [4.69, 9.17) is 0 Å². The number of nitrogens with zero attached hydrogens (tertiary/aromatic N) is 1. The van der Waals surface area contributed by atoms with E-state index in [-0.39, 0.29) is 0 Å². The van der Waals surface area contributed by atoms with Crippen LogP contribution in [-0.4, -0.2) is 24.4 Å². The minimum absolute atomic E-state index is 1.24. The Morgan fingerprint density at radius 3 is 1.82 bits per heavy atom. The van der Waals surface area contributed by atoms with Gasteiger partial charge in [0.15, 0.2) is 5.71 Å². The SMILES string of the molecule is CC1=CC(=C2C=CC(=[N+](C)C)C=C2)C=C(C)S1. The van der Waals surface area contributed by atoms with Crippen LogP contribution in [-0.2, 0) is 0 Å². The number of allylic oxidation sites excluding steroid dienone is 10. The van der Waals surface area contributed by atoms with Crippen LogP contribution in [0.4, 0.5) is 0 Å². The summed E-state index contributed by atoms with van der Waals surface area (Å²) in [5.41, 5.74) is 3.83. The average Bonchev–Trinajstić information content (AvgIpc) is 2.28. The summed E-state index contributed by atoms with van der Waals surface area (Å²) in [6.45, 7) is 4.32. The molecular formula is C15H18NS+. The molecule has 2 rings (SSSR count). The number of hydrogen-bond acceptors (Lipinski definition) is 1. The van der Waals surface area contributed by atoms with Crippen molar-refractivity contribution in [1.82, 2.24) is 0 Å². The molecule has 1 aliphatic carbocycles.